The van der Waals surface area contributed by atoms with E-state index < -0.39 is 0 Å². The predicted molar refractivity (Wildman–Crippen MR) is 80.6 cm³/mol. The third kappa shape index (κ3) is 3.98. The molecule has 2 rings (SSSR count). The maximum Gasteiger partial charge on any atom is 0.141 e. The first kappa shape index (κ1) is 15.4. The van der Waals surface area contributed by atoms with Crippen LogP contribution in [0.15, 0.2) is 36.5 Å². The maximum absolute atomic E-state index is 13.4. The highest BCUT2D eigenvalue weighted by Gasteiger charge is 2.12. The fraction of sp³-hybridized carbons (Fsp3) is 0.312. The molecule has 1 N–H and O–H groups in total. The van der Waals surface area contributed by atoms with E-state index >= 15 is 0 Å². The van der Waals surface area contributed by atoms with Gasteiger partial charge in [0, 0.05) is 30.9 Å². The average Bonchev–Trinajstić information content (AvgIpc) is 2.45. The Balaban J connectivity index is 2.30. The summed E-state index contributed by atoms with van der Waals surface area (Å²) in [7, 11) is 1.83. The van der Waals surface area contributed by atoms with Crippen LogP contribution in [-0.4, -0.2) is 18.1 Å². The van der Waals surface area contributed by atoms with Gasteiger partial charge >= 0.3 is 0 Å². The molecule has 0 aliphatic heterocycles. The Hall–Kier alpha value is -2.01. The summed E-state index contributed by atoms with van der Waals surface area (Å²) in [5, 5.41) is 3.25. The largest absolute Gasteiger partial charge is 0.329 e. The standard InChI is InChI=1S/C16H19F2N3/c1-11(2)19-9-12-8-14(18)10-20-16(12)21(3)15-6-4-13(17)5-7-15/h4-8,10-11,19H,9H2,1-3H3. The van der Waals surface area contributed by atoms with Gasteiger partial charge in [-0.25, -0.2) is 13.8 Å². The molecule has 0 unspecified atom stereocenters. The van der Waals surface area contributed by atoms with Crippen LogP contribution in [0.25, 0.3) is 0 Å². The molecular weight excluding hydrogens is 272 g/mol. The molecule has 0 fully saturated rings. The first-order chi connectivity index (χ1) is 9.97. The quantitative estimate of drug-likeness (QED) is 0.912. The fourth-order valence-corrected chi connectivity index (χ4v) is 2.01. The van der Waals surface area contributed by atoms with Gasteiger partial charge in [-0.3, -0.25) is 0 Å². The number of nitrogens with one attached hydrogen (secondary N) is 1. The Bertz CT molecular complexity index is 597. The van der Waals surface area contributed by atoms with Gasteiger partial charge in [-0.1, -0.05) is 13.8 Å². The molecule has 1 aromatic heterocycles. The van der Waals surface area contributed by atoms with E-state index in [0.717, 1.165) is 11.3 Å². The Kier molecular flexibility index (Phi) is 4.85. The Morgan fingerprint density at radius 1 is 1.14 bits per heavy atom. The minimum atomic E-state index is -0.369. The molecule has 5 heteroatoms. The molecule has 21 heavy (non-hydrogen) atoms. The SMILES string of the molecule is CC(C)NCc1cc(F)cnc1N(C)c1ccc(F)cc1. The van der Waals surface area contributed by atoms with Crippen molar-refractivity contribution in [1.82, 2.24) is 10.3 Å². The summed E-state index contributed by atoms with van der Waals surface area (Å²) >= 11 is 0. The summed E-state index contributed by atoms with van der Waals surface area (Å²) in [6.45, 7) is 4.56. The predicted octanol–water partition coefficient (Wildman–Crippen LogP) is 3.63. The number of hydrogen-bond donors (Lipinski definition) is 1. The van der Waals surface area contributed by atoms with E-state index in [-0.39, 0.29) is 17.7 Å². The summed E-state index contributed by atoms with van der Waals surface area (Å²) in [5.74, 6) is -0.0103. The highest BCUT2D eigenvalue weighted by molar-refractivity contribution is 5.61. The van der Waals surface area contributed by atoms with Gasteiger partial charge in [0.2, 0.25) is 0 Å². The molecule has 0 atom stereocenters. The number of anilines is 2. The third-order valence-corrected chi connectivity index (χ3v) is 3.14. The molecule has 0 spiro atoms. The lowest BCUT2D eigenvalue weighted by molar-refractivity contribution is 0.578. The second-order valence-corrected chi connectivity index (χ2v) is 5.21. The van der Waals surface area contributed by atoms with E-state index in [1.807, 2.05) is 25.8 Å². The molecule has 112 valence electrons. The van der Waals surface area contributed by atoms with Crippen LogP contribution >= 0.6 is 0 Å². The fourth-order valence-electron chi connectivity index (χ4n) is 2.01. The Morgan fingerprint density at radius 3 is 2.43 bits per heavy atom. The molecule has 1 aromatic carbocycles. The van der Waals surface area contributed by atoms with E-state index in [1.165, 1.54) is 24.4 Å². The van der Waals surface area contributed by atoms with E-state index in [4.69, 9.17) is 0 Å². The number of hydrogen-bond acceptors (Lipinski definition) is 3. The summed E-state index contributed by atoms with van der Waals surface area (Å²) in [4.78, 5) is 5.99. The number of pyridine rings is 1. The second-order valence-electron chi connectivity index (χ2n) is 5.21. The van der Waals surface area contributed by atoms with Crippen molar-refractivity contribution in [3.63, 3.8) is 0 Å². The summed E-state index contributed by atoms with van der Waals surface area (Å²) in [6, 6.07) is 7.87. The number of rotatable bonds is 5. The molecule has 0 amide bonds. The zero-order valence-electron chi connectivity index (χ0n) is 12.4. The van der Waals surface area contributed by atoms with Crippen molar-refractivity contribution in [2.75, 3.05) is 11.9 Å². The molecule has 3 nitrogen and oxygen atoms in total. The molecule has 1 heterocycles. The number of nitrogens with zero attached hydrogens (tertiary/aromatic N) is 2. The van der Waals surface area contributed by atoms with Gasteiger partial charge in [0.1, 0.15) is 17.5 Å². The van der Waals surface area contributed by atoms with Crippen molar-refractivity contribution >= 4 is 11.5 Å². The van der Waals surface area contributed by atoms with E-state index in [1.54, 1.807) is 12.1 Å². The van der Waals surface area contributed by atoms with Gasteiger partial charge in [0.05, 0.1) is 6.20 Å². The number of halogens is 2. The van der Waals surface area contributed by atoms with Crippen LogP contribution in [0.4, 0.5) is 20.3 Å². The lowest BCUT2D eigenvalue weighted by Crippen LogP contribution is -2.24. The van der Waals surface area contributed by atoms with Crippen LogP contribution < -0.4 is 10.2 Å². The zero-order chi connectivity index (χ0) is 15.4. The van der Waals surface area contributed by atoms with Crippen molar-refractivity contribution < 1.29 is 8.78 Å². The molecular formula is C16H19F2N3. The molecule has 0 radical (unpaired) electrons. The smallest absolute Gasteiger partial charge is 0.141 e. The van der Waals surface area contributed by atoms with Gasteiger partial charge in [-0.05, 0) is 30.3 Å². The third-order valence-electron chi connectivity index (χ3n) is 3.14. The Morgan fingerprint density at radius 2 is 1.81 bits per heavy atom. The van der Waals surface area contributed by atoms with Crippen molar-refractivity contribution in [3.8, 4) is 0 Å². The maximum atomic E-state index is 13.4. The summed E-state index contributed by atoms with van der Waals surface area (Å²) in [6.07, 6.45) is 1.19. The van der Waals surface area contributed by atoms with Crippen LogP contribution in [0, 0.1) is 11.6 Å². The minimum absolute atomic E-state index is 0.289. The van der Waals surface area contributed by atoms with Crippen molar-refractivity contribution in [1.29, 1.82) is 0 Å². The van der Waals surface area contributed by atoms with Crippen LogP contribution in [0.2, 0.25) is 0 Å². The van der Waals surface area contributed by atoms with Gasteiger partial charge in [0.25, 0.3) is 0 Å². The first-order valence-electron chi connectivity index (χ1n) is 6.84. The monoisotopic (exact) mass is 291 g/mol. The van der Waals surface area contributed by atoms with Crippen molar-refractivity contribution in [2.24, 2.45) is 0 Å². The van der Waals surface area contributed by atoms with Gasteiger partial charge in [-0.15, -0.1) is 0 Å². The summed E-state index contributed by atoms with van der Waals surface area (Å²) < 4.78 is 26.4. The molecule has 0 aliphatic rings. The van der Waals surface area contributed by atoms with Gasteiger partial charge in [0.15, 0.2) is 0 Å². The first-order valence-corrected chi connectivity index (χ1v) is 6.84. The molecule has 0 aliphatic carbocycles. The lowest BCUT2D eigenvalue weighted by atomic mass is 10.2. The summed E-state index contributed by atoms with van der Waals surface area (Å²) in [5.41, 5.74) is 1.55. The van der Waals surface area contributed by atoms with Crippen LogP contribution in [0.1, 0.15) is 19.4 Å². The molecule has 0 saturated heterocycles. The highest BCUT2D eigenvalue weighted by Crippen LogP contribution is 2.25. The number of benzene rings is 1. The molecule has 2 aromatic rings. The van der Waals surface area contributed by atoms with Crippen LogP contribution in [0.3, 0.4) is 0 Å². The Labute approximate surface area is 123 Å². The minimum Gasteiger partial charge on any atom is -0.329 e. The number of aromatic nitrogens is 1. The van der Waals surface area contributed by atoms with Gasteiger partial charge in [-0.2, -0.15) is 0 Å². The van der Waals surface area contributed by atoms with Crippen molar-refractivity contribution in [3.05, 3.63) is 53.7 Å². The molecule has 0 bridgehead atoms. The topological polar surface area (TPSA) is 28.2 Å². The molecule has 0 saturated carbocycles. The normalized spacial score (nSPS) is 11.0. The van der Waals surface area contributed by atoms with E-state index in [0.29, 0.717) is 12.4 Å². The van der Waals surface area contributed by atoms with E-state index in [2.05, 4.69) is 10.3 Å². The van der Waals surface area contributed by atoms with Crippen LogP contribution in [-0.2, 0) is 6.54 Å². The van der Waals surface area contributed by atoms with E-state index in [9.17, 15) is 8.78 Å². The zero-order valence-corrected chi connectivity index (χ0v) is 12.4. The highest BCUT2D eigenvalue weighted by atomic mass is 19.1. The lowest BCUT2D eigenvalue weighted by Gasteiger charge is -2.22. The van der Waals surface area contributed by atoms with Crippen molar-refractivity contribution in [2.45, 2.75) is 26.4 Å². The second kappa shape index (κ2) is 6.63. The van der Waals surface area contributed by atoms with Gasteiger partial charge < -0.3 is 10.2 Å². The average molecular weight is 291 g/mol. The van der Waals surface area contributed by atoms with Crippen LogP contribution in [0.5, 0.6) is 0 Å².